The Morgan fingerprint density at radius 1 is 0.976 bits per heavy atom. The first-order chi connectivity index (χ1) is 19.7. The van der Waals surface area contributed by atoms with E-state index in [9.17, 15) is 22.4 Å². The second-order valence-electron chi connectivity index (χ2n) is 10.6. The number of amides is 2. The van der Waals surface area contributed by atoms with E-state index in [1.165, 1.54) is 48.4 Å². The van der Waals surface area contributed by atoms with E-state index in [1.54, 1.807) is 25.1 Å². The van der Waals surface area contributed by atoms with Gasteiger partial charge in [0.15, 0.2) is 0 Å². The molecule has 0 aliphatic heterocycles. The van der Waals surface area contributed by atoms with E-state index in [2.05, 4.69) is 5.32 Å². The molecule has 0 aliphatic carbocycles. The number of carbonyl (C=O) groups is 2. The Balaban J connectivity index is 2.08. The largest absolute Gasteiger partial charge is 0.497 e. The molecule has 226 valence electrons. The van der Waals surface area contributed by atoms with Gasteiger partial charge < -0.3 is 15.0 Å². The molecule has 42 heavy (non-hydrogen) atoms. The topological polar surface area (TPSA) is 96.0 Å². The average molecular weight is 639 g/mol. The Kier molecular flexibility index (Phi) is 10.9. The Hall–Kier alpha value is -3.34. The summed E-state index contributed by atoms with van der Waals surface area (Å²) in [6.45, 7) is 6.50. The Morgan fingerprint density at radius 3 is 2.12 bits per heavy atom. The molecule has 3 aromatic carbocycles. The van der Waals surface area contributed by atoms with Gasteiger partial charge in [-0.3, -0.25) is 13.9 Å². The summed E-state index contributed by atoms with van der Waals surface area (Å²) in [4.78, 5) is 28.7. The lowest BCUT2D eigenvalue weighted by atomic mass is 10.1. The molecule has 1 atom stereocenters. The summed E-state index contributed by atoms with van der Waals surface area (Å²) in [5.41, 5.74) is 0.0778. The molecule has 0 radical (unpaired) electrons. The van der Waals surface area contributed by atoms with Gasteiger partial charge in [-0.1, -0.05) is 36.2 Å². The number of nitrogens with zero attached hydrogens (tertiary/aromatic N) is 2. The summed E-state index contributed by atoms with van der Waals surface area (Å²) < 4.78 is 47.6. The minimum Gasteiger partial charge on any atom is -0.497 e. The molecule has 0 spiro atoms. The van der Waals surface area contributed by atoms with E-state index in [4.69, 9.17) is 27.9 Å². The Bertz CT molecular complexity index is 1510. The third-order valence-electron chi connectivity index (χ3n) is 6.26. The molecule has 3 aromatic rings. The van der Waals surface area contributed by atoms with Crippen molar-refractivity contribution in [1.29, 1.82) is 0 Å². The molecule has 1 N–H and O–H groups in total. The molecule has 3 rings (SSSR count). The number of anilines is 1. The van der Waals surface area contributed by atoms with Gasteiger partial charge in [0.25, 0.3) is 10.0 Å². The van der Waals surface area contributed by atoms with Crippen LogP contribution in [0.15, 0.2) is 71.6 Å². The summed E-state index contributed by atoms with van der Waals surface area (Å²) in [6, 6.07) is 14.3. The van der Waals surface area contributed by atoms with Gasteiger partial charge in [0.1, 0.15) is 24.2 Å². The molecule has 0 bridgehead atoms. The highest BCUT2D eigenvalue weighted by atomic mass is 35.5. The third-order valence-corrected chi connectivity index (χ3v) is 8.79. The summed E-state index contributed by atoms with van der Waals surface area (Å²) in [5.74, 6) is -1.18. The van der Waals surface area contributed by atoms with E-state index in [-0.39, 0.29) is 28.6 Å². The highest BCUT2D eigenvalue weighted by Gasteiger charge is 2.34. The van der Waals surface area contributed by atoms with Gasteiger partial charge in [-0.25, -0.2) is 12.8 Å². The van der Waals surface area contributed by atoms with Crippen molar-refractivity contribution in [3.8, 4) is 5.75 Å². The predicted octanol–water partition coefficient (Wildman–Crippen LogP) is 6.06. The van der Waals surface area contributed by atoms with Crippen molar-refractivity contribution in [1.82, 2.24) is 10.2 Å². The van der Waals surface area contributed by atoms with Gasteiger partial charge in [0.05, 0.1) is 27.7 Å². The lowest BCUT2D eigenvalue weighted by molar-refractivity contribution is -0.141. The Morgan fingerprint density at radius 2 is 1.60 bits per heavy atom. The van der Waals surface area contributed by atoms with Crippen molar-refractivity contribution in [2.75, 3.05) is 18.0 Å². The fraction of sp³-hybridized carbons (Fsp3) is 0.333. The van der Waals surface area contributed by atoms with Crippen LogP contribution in [0.4, 0.5) is 10.1 Å². The highest BCUT2D eigenvalue weighted by molar-refractivity contribution is 7.92. The fourth-order valence-corrected chi connectivity index (χ4v) is 5.95. The first-order valence-electron chi connectivity index (χ1n) is 13.1. The second kappa shape index (κ2) is 13.8. The van der Waals surface area contributed by atoms with Crippen molar-refractivity contribution in [2.45, 2.75) is 57.1 Å². The van der Waals surface area contributed by atoms with Gasteiger partial charge in [-0.2, -0.15) is 0 Å². The van der Waals surface area contributed by atoms with Crippen LogP contribution >= 0.6 is 23.2 Å². The van der Waals surface area contributed by atoms with Gasteiger partial charge in [-0.15, -0.1) is 0 Å². The maximum atomic E-state index is 14.1. The molecule has 0 heterocycles. The number of rotatable bonds is 11. The van der Waals surface area contributed by atoms with Crippen LogP contribution in [0.25, 0.3) is 0 Å². The van der Waals surface area contributed by atoms with Crippen molar-refractivity contribution in [2.24, 2.45) is 0 Å². The lowest BCUT2D eigenvalue weighted by Gasteiger charge is -2.34. The molecule has 0 saturated carbocycles. The molecular weight excluding hydrogens is 604 g/mol. The molecular formula is C30H34Cl2FN3O5S. The van der Waals surface area contributed by atoms with Crippen LogP contribution in [0.5, 0.6) is 5.75 Å². The van der Waals surface area contributed by atoms with Crippen LogP contribution in [-0.2, 0) is 26.2 Å². The number of carbonyl (C=O) groups excluding carboxylic acids is 2. The van der Waals surface area contributed by atoms with Crippen LogP contribution in [0.1, 0.15) is 39.7 Å². The van der Waals surface area contributed by atoms with E-state index in [1.807, 2.05) is 20.8 Å². The first-order valence-corrected chi connectivity index (χ1v) is 15.3. The van der Waals surface area contributed by atoms with E-state index >= 15 is 0 Å². The van der Waals surface area contributed by atoms with Gasteiger partial charge in [0.2, 0.25) is 11.8 Å². The van der Waals surface area contributed by atoms with Crippen molar-refractivity contribution in [3.63, 3.8) is 0 Å². The lowest BCUT2D eigenvalue weighted by Crippen LogP contribution is -2.55. The molecule has 12 heteroatoms. The zero-order valence-corrected chi connectivity index (χ0v) is 26.4. The van der Waals surface area contributed by atoms with Crippen molar-refractivity contribution < 1.29 is 27.1 Å². The third kappa shape index (κ3) is 8.36. The van der Waals surface area contributed by atoms with Gasteiger partial charge in [0, 0.05) is 12.1 Å². The molecule has 0 fully saturated rings. The van der Waals surface area contributed by atoms with Crippen molar-refractivity contribution >= 4 is 50.7 Å². The zero-order valence-electron chi connectivity index (χ0n) is 24.0. The second-order valence-corrected chi connectivity index (χ2v) is 13.3. The van der Waals surface area contributed by atoms with Crippen LogP contribution < -0.4 is 14.4 Å². The Labute approximate surface area is 256 Å². The molecule has 0 aliphatic rings. The predicted molar refractivity (Wildman–Crippen MR) is 163 cm³/mol. The number of methoxy groups -OCH3 is 1. The van der Waals surface area contributed by atoms with E-state index < -0.39 is 45.8 Å². The standard InChI is InChI=1S/C30H34Cl2FN3O5S/c1-6-27(29(38)34-30(2,3)4)35(18-20-7-16-25(31)26(32)17-20)28(37)19-36(22-10-8-21(33)9-11-22)42(39,40)24-14-12-23(41-5)13-15-24/h7-17,27H,6,18-19H2,1-5H3,(H,34,38)/t27-/m1/s1. The van der Waals surface area contributed by atoms with Crippen molar-refractivity contribution in [3.05, 3.63) is 88.2 Å². The number of benzene rings is 3. The number of sulfonamides is 1. The van der Waals surface area contributed by atoms with Crippen LogP contribution in [-0.4, -0.2) is 50.4 Å². The SMILES string of the molecule is CC[C@H](C(=O)NC(C)(C)C)N(Cc1ccc(Cl)c(Cl)c1)C(=O)CN(c1ccc(F)cc1)S(=O)(=O)c1ccc(OC)cc1. The minimum absolute atomic E-state index is 0.0500. The zero-order chi connectivity index (χ0) is 31.2. The molecule has 2 amide bonds. The van der Waals surface area contributed by atoms with E-state index in [0.29, 0.717) is 16.3 Å². The van der Waals surface area contributed by atoms with E-state index in [0.717, 1.165) is 16.4 Å². The molecule has 0 aromatic heterocycles. The normalized spacial score (nSPS) is 12.4. The summed E-state index contributed by atoms with van der Waals surface area (Å²) >= 11 is 12.3. The number of hydrogen-bond donors (Lipinski definition) is 1. The molecule has 0 unspecified atom stereocenters. The monoisotopic (exact) mass is 637 g/mol. The number of nitrogens with one attached hydrogen (secondary N) is 1. The summed E-state index contributed by atoms with van der Waals surface area (Å²) in [7, 11) is -2.86. The van der Waals surface area contributed by atoms with Crippen LogP contribution in [0.3, 0.4) is 0 Å². The van der Waals surface area contributed by atoms with Gasteiger partial charge in [-0.05, 0) is 93.4 Å². The number of ether oxygens (including phenoxy) is 1. The maximum absolute atomic E-state index is 14.1. The summed E-state index contributed by atoms with van der Waals surface area (Å²) in [6.07, 6.45) is 0.247. The first kappa shape index (κ1) is 33.2. The van der Waals surface area contributed by atoms with Gasteiger partial charge >= 0.3 is 0 Å². The quantitative estimate of drug-likeness (QED) is 0.276. The fourth-order valence-electron chi connectivity index (χ4n) is 4.22. The minimum atomic E-state index is -4.32. The molecule has 8 nitrogen and oxygen atoms in total. The summed E-state index contributed by atoms with van der Waals surface area (Å²) in [5, 5.41) is 3.49. The van der Waals surface area contributed by atoms with Crippen LogP contribution in [0, 0.1) is 5.82 Å². The highest BCUT2D eigenvalue weighted by Crippen LogP contribution is 2.28. The maximum Gasteiger partial charge on any atom is 0.264 e. The smallest absolute Gasteiger partial charge is 0.264 e. The molecule has 0 saturated heterocycles. The number of halogens is 3. The number of hydrogen-bond acceptors (Lipinski definition) is 5. The van der Waals surface area contributed by atoms with Crippen LogP contribution in [0.2, 0.25) is 10.0 Å². The average Bonchev–Trinajstić information content (AvgIpc) is 2.93.